The zero-order valence-corrected chi connectivity index (χ0v) is 12.7. The predicted octanol–water partition coefficient (Wildman–Crippen LogP) is 2.70. The van der Waals surface area contributed by atoms with Crippen LogP contribution < -0.4 is 5.32 Å². The molecule has 0 aromatic rings. The molecule has 1 N–H and O–H groups in total. The second-order valence-electron chi connectivity index (χ2n) is 6.35. The maximum absolute atomic E-state index is 11.5. The van der Waals surface area contributed by atoms with E-state index in [1.165, 1.54) is 0 Å². The highest BCUT2D eigenvalue weighted by molar-refractivity contribution is 6.74. The minimum absolute atomic E-state index is 0.0389. The van der Waals surface area contributed by atoms with Crippen LogP contribution in [-0.2, 0) is 9.22 Å². The molecule has 4 heteroatoms. The molecule has 0 aromatic carbocycles. The Bertz CT molecular complexity index is 307. The first kappa shape index (κ1) is 14.4. The van der Waals surface area contributed by atoms with E-state index in [0.29, 0.717) is 6.61 Å². The van der Waals surface area contributed by atoms with Gasteiger partial charge < -0.3 is 9.74 Å². The minimum atomic E-state index is -1.70. The molecule has 1 saturated heterocycles. The topological polar surface area (TPSA) is 38.3 Å². The van der Waals surface area contributed by atoms with Crippen LogP contribution in [0.2, 0.25) is 18.1 Å². The van der Waals surface area contributed by atoms with Crippen molar-refractivity contribution in [1.29, 1.82) is 0 Å². The molecule has 0 aliphatic carbocycles. The van der Waals surface area contributed by atoms with Crippen molar-refractivity contribution in [3.8, 4) is 0 Å². The van der Waals surface area contributed by atoms with Crippen LogP contribution in [0.4, 0.5) is 0 Å². The monoisotopic (exact) mass is 255 g/mol. The number of hydrogen-bond acceptors (Lipinski definition) is 2. The van der Waals surface area contributed by atoms with Gasteiger partial charge in [-0.25, -0.2) is 0 Å². The quantitative estimate of drug-likeness (QED) is 0.619. The fourth-order valence-electron chi connectivity index (χ4n) is 1.62. The standard InChI is InChI=1S/C13H25NO2Si/c1-7-10-8-11(14-12(10)15)9-16-17(5,6)13(2,3)4/h7,10-11H,1,8-9H2,2-6H3,(H,14,15)/t10-,11+/m1/s1. The first-order valence-electron chi connectivity index (χ1n) is 6.24. The lowest BCUT2D eigenvalue weighted by atomic mass is 10.1. The van der Waals surface area contributed by atoms with Gasteiger partial charge in [0.1, 0.15) is 0 Å². The highest BCUT2D eigenvalue weighted by atomic mass is 28.4. The molecule has 0 radical (unpaired) electrons. The molecule has 17 heavy (non-hydrogen) atoms. The normalized spacial score (nSPS) is 25.8. The highest BCUT2D eigenvalue weighted by Crippen LogP contribution is 2.36. The Morgan fingerprint density at radius 3 is 2.53 bits per heavy atom. The van der Waals surface area contributed by atoms with Crippen LogP contribution in [0.15, 0.2) is 12.7 Å². The summed E-state index contributed by atoms with van der Waals surface area (Å²) in [5.74, 6) is 0.0480. The number of amides is 1. The summed E-state index contributed by atoms with van der Waals surface area (Å²) in [6.45, 7) is 15.4. The lowest BCUT2D eigenvalue weighted by Crippen LogP contribution is -2.44. The molecule has 0 bridgehead atoms. The van der Waals surface area contributed by atoms with Crippen LogP contribution in [0, 0.1) is 5.92 Å². The van der Waals surface area contributed by atoms with Crippen molar-refractivity contribution in [2.45, 2.75) is 51.4 Å². The van der Waals surface area contributed by atoms with Gasteiger partial charge >= 0.3 is 0 Å². The third kappa shape index (κ3) is 3.42. The van der Waals surface area contributed by atoms with E-state index in [4.69, 9.17) is 4.43 Å². The van der Waals surface area contributed by atoms with Gasteiger partial charge in [-0.2, -0.15) is 0 Å². The summed E-state index contributed by atoms with van der Waals surface area (Å²) < 4.78 is 6.11. The molecule has 1 amide bonds. The van der Waals surface area contributed by atoms with Crippen LogP contribution in [0.5, 0.6) is 0 Å². The molecule has 1 fully saturated rings. The van der Waals surface area contributed by atoms with Gasteiger partial charge in [-0.1, -0.05) is 26.8 Å². The molecule has 0 unspecified atom stereocenters. The summed E-state index contributed by atoms with van der Waals surface area (Å²) in [5, 5.41) is 3.18. The van der Waals surface area contributed by atoms with E-state index < -0.39 is 8.32 Å². The van der Waals surface area contributed by atoms with Gasteiger partial charge in [0.25, 0.3) is 0 Å². The Hall–Kier alpha value is -0.613. The number of rotatable bonds is 4. The van der Waals surface area contributed by atoms with Gasteiger partial charge in [-0.3, -0.25) is 4.79 Å². The van der Waals surface area contributed by atoms with E-state index in [1.807, 2.05) is 0 Å². The fourth-order valence-corrected chi connectivity index (χ4v) is 2.67. The molecule has 2 atom stereocenters. The Labute approximate surface area is 106 Å². The lowest BCUT2D eigenvalue weighted by molar-refractivity contribution is -0.121. The van der Waals surface area contributed by atoms with Crippen molar-refractivity contribution in [2.24, 2.45) is 5.92 Å². The summed E-state index contributed by atoms with van der Waals surface area (Å²) in [5.41, 5.74) is 0. The van der Waals surface area contributed by atoms with Crippen molar-refractivity contribution in [3.05, 3.63) is 12.7 Å². The Morgan fingerprint density at radius 2 is 2.12 bits per heavy atom. The third-order valence-electron chi connectivity index (χ3n) is 3.96. The summed E-state index contributed by atoms with van der Waals surface area (Å²) >= 11 is 0. The molecule has 3 nitrogen and oxygen atoms in total. The van der Waals surface area contributed by atoms with Gasteiger partial charge in [-0.05, 0) is 24.6 Å². The number of carbonyl (C=O) groups excluding carboxylic acids is 1. The van der Waals surface area contributed by atoms with Crippen LogP contribution in [0.3, 0.4) is 0 Å². The average molecular weight is 255 g/mol. The van der Waals surface area contributed by atoms with Crippen molar-refractivity contribution in [1.82, 2.24) is 5.32 Å². The SMILES string of the molecule is C=C[C@@H]1C[C@@H](CO[Si](C)(C)C(C)(C)C)NC1=O. The van der Waals surface area contributed by atoms with E-state index in [1.54, 1.807) is 6.08 Å². The molecular formula is C13H25NO2Si. The molecule has 1 aliphatic rings. The summed E-state index contributed by atoms with van der Waals surface area (Å²) in [6.07, 6.45) is 2.54. The van der Waals surface area contributed by atoms with Gasteiger partial charge in [0, 0.05) is 0 Å². The van der Waals surface area contributed by atoms with Gasteiger partial charge in [0.15, 0.2) is 8.32 Å². The largest absolute Gasteiger partial charge is 0.415 e. The van der Waals surface area contributed by atoms with Crippen LogP contribution in [0.25, 0.3) is 0 Å². The molecule has 0 spiro atoms. The maximum atomic E-state index is 11.5. The second kappa shape index (κ2) is 4.94. The van der Waals surface area contributed by atoms with E-state index in [0.717, 1.165) is 6.42 Å². The van der Waals surface area contributed by atoms with Crippen LogP contribution >= 0.6 is 0 Å². The van der Waals surface area contributed by atoms with Gasteiger partial charge in [0.2, 0.25) is 5.91 Å². The lowest BCUT2D eigenvalue weighted by Gasteiger charge is -2.36. The van der Waals surface area contributed by atoms with Crippen LogP contribution in [0.1, 0.15) is 27.2 Å². The molecule has 1 rings (SSSR count). The molecule has 1 aliphatic heterocycles. The fraction of sp³-hybridized carbons (Fsp3) is 0.769. The summed E-state index contributed by atoms with van der Waals surface area (Å²) in [7, 11) is -1.70. The van der Waals surface area contributed by atoms with E-state index in [9.17, 15) is 4.79 Å². The minimum Gasteiger partial charge on any atom is -0.415 e. The van der Waals surface area contributed by atoms with Crippen molar-refractivity contribution in [3.63, 3.8) is 0 Å². The number of carbonyl (C=O) groups is 1. The van der Waals surface area contributed by atoms with Crippen LogP contribution in [-0.4, -0.2) is 26.9 Å². The average Bonchev–Trinajstić information content (AvgIpc) is 2.54. The highest BCUT2D eigenvalue weighted by Gasteiger charge is 2.39. The Balaban J connectivity index is 2.48. The third-order valence-corrected chi connectivity index (χ3v) is 8.46. The van der Waals surface area contributed by atoms with E-state index >= 15 is 0 Å². The first-order chi connectivity index (χ1) is 7.67. The summed E-state index contributed by atoms with van der Waals surface area (Å²) in [4.78, 5) is 11.5. The Kier molecular flexibility index (Phi) is 4.20. The maximum Gasteiger partial charge on any atom is 0.227 e. The molecular weight excluding hydrogens is 230 g/mol. The molecule has 98 valence electrons. The zero-order valence-electron chi connectivity index (χ0n) is 11.7. The number of nitrogens with one attached hydrogen (secondary N) is 1. The zero-order chi connectivity index (χ0) is 13.3. The Morgan fingerprint density at radius 1 is 1.53 bits per heavy atom. The molecule has 0 saturated carbocycles. The van der Waals surface area contributed by atoms with Crippen molar-refractivity contribution in [2.75, 3.05) is 6.61 Å². The van der Waals surface area contributed by atoms with Crippen molar-refractivity contribution >= 4 is 14.2 Å². The van der Waals surface area contributed by atoms with Gasteiger partial charge in [0.05, 0.1) is 18.6 Å². The molecule has 1 heterocycles. The first-order valence-corrected chi connectivity index (χ1v) is 9.15. The van der Waals surface area contributed by atoms with E-state index in [-0.39, 0.29) is 22.9 Å². The second-order valence-corrected chi connectivity index (χ2v) is 11.2. The van der Waals surface area contributed by atoms with Crippen molar-refractivity contribution < 1.29 is 9.22 Å². The summed E-state index contributed by atoms with van der Waals surface area (Å²) in [6, 6.07) is 0.152. The smallest absolute Gasteiger partial charge is 0.227 e. The van der Waals surface area contributed by atoms with E-state index in [2.05, 4.69) is 45.8 Å². The molecule has 0 aromatic heterocycles. The predicted molar refractivity (Wildman–Crippen MR) is 73.4 cm³/mol. The van der Waals surface area contributed by atoms with Gasteiger partial charge in [-0.15, -0.1) is 6.58 Å². The number of hydrogen-bond donors (Lipinski definition) is 1.